The molecule has 0 radical (unpaired) electrons. The summed E-state index contributed by atoms with van der Waals surface area (Å²) in [4.78, 5) is 56.1. The van der Waals surface area contributed by atoms with Gasteiger partial charge in [0.25, 0.3) is 0 Å². The van der Waals surface area contributed by atoms with E-state index >= 15 is 0 Å². The fourth-order valence-corrected chi connectivity index (χ4v) is 4.84. The number of aliphatic carboxylic acids is 1. The number of amides is 1. The number of pyridine rings is 1. The van der Waals surface area contributed by atoms with Crippen LogP contribution in [0.2, 0.25) is 0 Å². The molecule has 0 fully saturated rings. The van der Waals surface area contributed by atoms with Gasteiger partial charge >= 0.3 is 24.3 Å². The van der Waals surface area contributed by atoms with Gasteiger partial charge in [0, 0.05) is 12.6 Å². The zero-order chi connectivity index (χ0) is 35.6. The molecular weight excluding hydrogens is 641 g/mol. The van der Waals surface area contributed by atoms with Crippen molar-refractivity contribution in [2.24, 2.45) is 5.92 Å². The van der Waals surface area contributed by atoms with E-state index in [-0.39, 0.29) is 35.1 Å². The molecule has 3 aromatic rings. The number of carbonyl (C=O) groups excluding carboxylic acids is 3. The Hall–Kier alpha value is -4.82. The van der Waals surface area contributed by atoms with Crippen LogP contribution in [0.5, 0.6) is 0 Å². The van der Waals surface area contributed by atoms with E-state index in [1.807, 2.05) is 0 Å². The first kappa shape index (κ1) is 36.6. The second kappa shape index (κ2) is 13.5. The fourth-order valence-electron chi connectivity index (χ4n) is 4.84. The van der Waals surface area contributed by atoms with E-state index < -0.39 is 81.9 Å². The second-order valence-electron chi connectivity index (χ2n) is 11.1. The Kier molecular flexibility index (Phi) is 10.5. The number of ether oxygens (including phenoxy) is 1. The molecule has 1 N–H and O–H groups in total. The number of aromatic nitrogens is 1. The molecule has 0 bridgehead atoms. The van der Waals surface area contributed by atoms with Crippen LogP contribution in [0, 0.1) is 18.7 Å². The number of aryl methyl sites for hydroxylation is 1. The van der Waals surface area contributed by atoms with Gasteiger partial charge in [-0.2, -0.15) is 26.3 Å². The number of rotatable bonds is 10. The van der Waals surface area contributed by atoms with Crippen LogP contribution in [0.1, 0.15) is 59.9 Å². The van der Waals surface area contributed by atoms with E-state index in [1.54, 1.807) is 0 Å². The van der Waals surface area contributed by atoms with Gasteiger partial charge < -0.3 is 14.7 Å². The molecule has 15 heteroatoms. The van der Waals surface area contributed by atoms with Crippen molar-refractivity contribution in [2.45, 2.75) is 51.9 Å². The highest BCUT2D eigenvalue weighted by Crippen LogP contribution is 2.41. The maximum absolute atomic E-state index is 14.0. The van der Waals surface area contributed by atoms with Gasteiger partial charge in [0.15, 0.2) is 5.78 Å². The first-order valence-corrected chi connectivity index (χ1v) is 13.9. The first-order valence-electron chi connectivity index (χ1n) is 13.9. The number of carboxylic acid groups (broad SMARTS) is 1. The van der Waals surface area contributed by atoms with Crippen LogP contribution < -0.4 is 4.90 Å². The fraction of sp³-hybridized carbons (Fsp3) is 0.344. The molecule has 3 rings (SSSR count). The molecule has 0 aliphatic rings. The van der Waals surface area contributed by atoms with Gasteiger partial charge in [-0.15, -0.1) is 0 Å². The minimum Gasteiger partial charge on any atom is -0.481 e. The van der Waals surface area contributed by atoms with E-state index in [1.165, 1.54) is 27.0 Å². The highest BCUT2D eigenvalue weighted by Gasteiger charge is 2.41. The zero-order valence-electron chi connectivity index (χ0n) is 25.6. The van der Waals surface area contributed by atoms with Crippen LogP contribution >= 0.6 is 0 Å². The van der Waals surface area contributed by atoms with Crippen molar-refractivity contribution in [1.82, 2.24) is 4.98 Å². The average Bonchev–Trinajstić information content (AvgIpc) is 2.97. The third-order valence-electron chi connectivity index (χ3n) is 7.39. The summed E-state index contributed by atoms with van der Waals surface area (Å²) in [6, 6.07) is 5.44. The summed E-state index contributed by atoms with van der Waals surface area (Å²) in [6.45, 7) is 5.04. The SMILES string of the molecule is CCOC(=O)C(CC(=O)O)C(=O)c1cc(-c2ccc(F)cc2C)c(N(C)C(=O)C(C)(C)c2cc(C(F)(F)F)cc(C(F)(F)F)c2)cn1. The predicted octanol–water partition coefficient (Wildman–Crippen LogP) is 7.01. The number of Topliss-reactive ketones (excluding diaryl/α,β-unsaturated/α-hetero) is 1. The van der Waals surface area contributed by atoms with Gasteiger partial charge in [-0.25, -0.2) is 4.39 Å². The van der Waals surface area contributed by atoms with E-state index in [4.69, 9.17) is 4.74 Å². The number of halogens is 7. The quantitative estimate of drug-likeness (QED) is 0.107. The van der Waals surface area contributed by atoms with Gasteiger partial charge in [0.2, 0.25) is 5.91 Å². The first-order chi connectivity index (χ1) is 21.6. The van der Waals surface area contributed by atoms with Crippen LogP contribution in [0.3, 0.4) is 0 Å². The van der Waals surface area contributed by atoms with Crippen molar-refractivity contribution in [2.75, 3.05) is 18.6 Å². The molecule has 0 saturated heterocycles. The molecule has 2 aromatic carbocycles. The van der Waals surface area contributed by atoms with Crippen molar-refractivity contribution in [3.05, 3.63) is 82.4 Å². The number of ketones is 1. The Morgan fingerprint density at radius 1 is 0.894 bits per heavy atom. The standard InChI is InChI=1S/C32H29F7N2O6/c1-6-47-28(45)23(14-26(42)43)27(44)24-13-22(21-8-7-20(33)9-16(21)2)25(15-40-24)41(5)29(46)30(3,4)17-10-18(31(34,35)36)12-19(11-17)32(37,38)39/h7-13,15,23H,6,14H2,1-5H3,(H,42,43). The van der Waals surface area contributed by atoms with Crippen LogP contribution in [0.25, 0.3) is 11.1 Å². The summed E-state index contributed by atoms with van der Waals surface area (Å²) < 4.78 is 100. The summed E-state index contributed by atoms with van der Waals surface area (Å²) in [5.41, 5.74) is -5.80. The lowest BCUT2D eigenvalue weighted by Crippen LogP contribution is -2.42. The number of hydrogen-bond acceptors (Lipinski definition) is 6. The highest BCUT2D eigenvalue weighted by molar-refractivity contribution is 6.10. The number of anilines is 1. The number of nitrogens with zero attached hydrogens (tertiary/aromatic N) is 2. The van der Waals surface area contributed by atoms with Crippen molar-refractivity contribution >= 4 is 29.3 Å². The van der Waals surface area contributed by atoms with Crippen LogP contribution in [-0.4, -0.2) is 47.4 Å². The van der Waals surface area contributed by atoms with E-state index in [9.17, 15) is 55.0 Å². The molecular formula is C32H29F7N2O6. The van der Waals surface area contributed by atoms with Crippen LogP contribution in [0.15, 0.2) is 48.7 Å². The maximum atomic E-state index is 14.0. The summed E-state index contributed by atoms with van der Waals surface area (Å²) in [6.07, 6.45) is -10.3. The molecule has 8 nitrogen and oxygen atoms in total. The monoisotopic (exact) mass is 670 g/mol. The largest absolute Gasteiger partial charge is 0.481 e. The molecule has 1 amide bonds. The Labute approximate surface area is 264 Å². The smallest absolute Gasteiger partial charge is 0.416 e. The lowest BCUT2D eigenvalue weighted by Gasteiger charge is -2.32. The van der Waals surface area contributed by atoms with E-state index in [0.29, 0.717) is 12.1 Å². The van der Waals surface area contributed by atoms with Crippen molar-refractivity contribution in [3.8, 4) is 11.1 Å². The van der Waals surface area contributed by atoms with Gasteiger partial charge in [0.05, 0.1) is 41.5 Å². The number of carbonyl (C=O) groups is 4. The number of esters is 1. The number of likely N-dealkylation sites (N-methyl/N-ethyl adjacent to an activating group) is 1. The summed E-state index contributed by atoms with van der Waals surface area (Å²) in [5.74, 6) is -7.08. The number of benzene rings is 2. The third-order valence-corrected chi connectivity index (χ3v) is 7.39. The lowest BCUT2D eigenvalue weighted by molar-refractivity contribution is -0.150. The normalized spacial score (nSPS) is 12.8. The molecule has 0 aliphatic carbocycles. The minimum atomic E-state index is -5.16. The van der Waals surface area contributed by atoms with Crippen molar-refractivity contribution in [1.29, 1.82) is 0 Å². The van der Waals surface area contributed by atoms with E-state index in [0.717, 1.165) is 43.1 Å². The van der Waals surface area contributed by atoms with Crippen molar-refractivity contribution < 1.29 is 59.8 Å². The average molecular weight is 671 g/mol. The molecule has 1 heterocycles. The Bertz CT molecular complexity index is 1680. The molecule has 252 valence electrons. The van der Waals surface area contributed by atoms with Crippen molar-refractivity contribution in [3.63, 3.8) is 0 Å². The van der Waals surface area contributed by atoms with E-state index in [2.05, 4.69) is 4.98 Å². The van der Waals surface area contributed by atoms with Gasteiger partial charge in [0.1, 0.15) is 17.4 Å². The Balaban J connectivity index is 2.21. The molecule has 0 saturated carbocycles. The summed E-state index contributed by atoms with van der Waals surface area (Å²) in [7, 11) is 1.18. The zero-order valence-corrected chi connectivity index (χ0v) is 25.6. The minimum absolute atomic E-state index is 0.0328. The summed E-state index contributed by atoms with van der Waals surface area (Å²) in [5, 5.41) is 9.28. The summed E-state index contributed by atoms with van der Waals surface area (Å²) >= 11 is 0. The molecule has 1 aromatic heterocycles. The second-order valence-corrected chi connectivity index (χ2v) is 11.1. The number of carboxylic acids is 1. The Morgan fingerprint density at radius 3 is 1.94 bits per heavy atom. The molecule has 1 atom stereocenters. The number of hydrogen-bond donors (Lipinski definition) is 1. The van der Waals surface area contributed by atoms with Crippen LogP contribution in [0.4, 0.5) is 36.4 Å². The third kappa shape index (κ3) is 8.13. The maximum Gasteiger partial charge on any atom is 0.416 e. The van der Waals surface area contributed by atoms with Crippen LogP contribution in [-0.2, 0) is 36.9 Å². The molecule has 0 spiro atoms. The lowest BCUT2D eigenvalue weighted by atomic mass is 9.81. The Morgan fingerprint density at radius 2 is 1.45 bits per heavy atom. The van der Waals surface area contributed by atoms with Gasteiger partial charge in [-0.1, -0.05) is 6.07 Å². The molecule has 47 heavy (non-hydrogen) atoms. The van der Waals surface area contributed by atoms with Gasteiger partial charge in [-0.3, -0.25) is 24.2 Å². The number of alkyl halides is 6. The molecule has 1 unspecified atom stereocenters. The predicted molar refractivity (Wildman–Crippen MR) is 154 cm³/mol. The highest BCUT2D eigenvalue weighted by atomic mass is 19.4. The topological polar surface area (TPSA) is 114 Å². The van der Waals surface area contributed by atoms with Gasteiger partial charge in [-0.05, 0) is 80.8 Å². The molecule has 0 aliphatic heterocycles.